The molecule has 0 saturated heterocycles. The molecule has 0 aromatic rings. The molecule has 0 spiro atoms. The van der Waals surface area contributed by atoms with E-state index in [0.29, 0.717) is 6.04 Å². The van der Waals surface area contributed by atoms with Crippen LogP contribution in [-0.4, -0.2) is 24.3 Å². The van der Waals surface area contributed by atoms with E-state index in [1.54, 1.807) is 0 Å². The first-order chi connectivity index (χ1) is 6.81. The van der Waals surface area contributed by atoms with Crippen molar-refractivity contribution >= 4 is 0 Å². The molecule has 14 heavy (non-hydrogen) atoms. The fourth-order valence-corrected chi connectivity index (χ4v) is 1.64. The van der Waals surface area contributed by atoms with E-state index < -0.39 is 0 Å². The third kappa shape index (κ3) is 10.0. The summed E-state index contributed by atoms with van der Waals surface area (Å²) in [5, 5.41) is 11.9. The first kappa shape index (κ1) is 13.9. The fourth-order valence-electron chi connectivity index (χ4n) is 1.64. The summed E-state index contributed by atoms with van der Waals surface area (Å²) in [5.41, 5.74) is 0. The Balaban J connectivity index is 3.02. The summed E-state index contributed by atoms with van der Waals surface area (Å²) in [4.78, 5) is 0. The summed E-state index contributed by atoms with van der Waals surface area (Å²) >= 11 is 0. The molecule has 0 heterocycles. The molecule has 0 aliphatic carbocycles. The zero-order valence-corrected chi connectivity index (χ0v) is 9.89. The molecular formula is C12H27NO. The van der Waals surface area contributed by atoms with Gasteiger partial charge in [-0.25, -0.2) is 0 Å². The molecule has 0 saturated carbocycles. The average molecular weight is 201 g/mol. The van der Waals surface area contributed by atoms with Gasteiger partial charge in [0.2, 0.25) is 0 Å². The average Bonchev–Trinajstić information content (AvgIpc) is 2.20. The van der Waals surface area contributed by atoms with Gasteiger partial charge in [-0.1, -0.05) is 45.4 Å². The van der Waals surface area contributed by atoms with Crippen LogP contribution in [-0.2, 0) is 0 Å². The summed E-state index contributed by atoms with van der Waals surface area (Å²) in [6.45, 7) is 5.43. The van der Waals surface area contributed by atoms with E-state index in [-0.39, 0.29) is 6.61 Å². The Morgan fingerprint density at radius 1 is 1.07 bits per heavy atom. The zero-order chi connectivity index (χ0) is 10.6. The maximum atomic E-state index is 8.62. The molecule has 0 bridgehead atoms. The summed E-state index contributed by atoms with van der Waals surface area (Å²) < 4.78 is 0. The van der Waals surface area contributed by atoms with Crippen LogP contribution in [0.15, 0.2) is 0 Å². The molecule has 0 radical (unpaired) electrons. The zero-order valence-electron chi connectivity index (χ0n) is 9.89. The second-order valence-electron chi connectivity index (χ2n) is 4.14. The van der Waals surface area contributed by atoms with Crippen LogP contribution in [0.25, 0.3) is 0 Å². The number of aliphatic hydroxyl groups is 1. The van der Waals surface area contributed by atoms with Gasteiger partial charge < -0.3 is 10.4 Å². The van der Waals surface area contributed by atoms with E-state index in [9.17, 15) is 0 Å². The lowest BCUT2D eigenvalue weighted by atomic mass is 10.1. The van der Waals surface area contributed by atoms with Gasteiger partial charge in [0.1, 0.15) is 0 Å². The topological polar surface area (TPSA) is 32.3 Å². The van der Waals surface area contributed by atoms with Crippen molar-refractivity contribution in [2.45, 2.75) is 64.8 Å². The molecule has 0 amide bonds. The minimum atomic E-state index is 0.251. The summed E-state index contributed by atoms with van der Waals surface area (Å²) in [5.74, 6) is 0. The van der Waals surface area contributed by atoms with Crippen molar-refractivity contribution in [1.29, 1.82) is 0 Å². The van der Waals surface area contributed by atoms with Crippen molar-refractivity contribution in [3.05, 3.63) is 0 Å². The monoisotopic (exact) mass is 201 g/mol. The highest BCUT2D eigenvalue weighted by molar-refractivity contribution is 4.59. The maximum absolute atomic E-state index is 8.62. The van der Waals surface area contributed by atoms with Crippen molar-refractivity contribution in [2.75, 3.05) is 13.2 Å². The van der Waals surface area contributed by atoms with Crippen LogP contribution >= 0.6 is 0 Å². The molecule has 0 aliphatic rings. The Bertz CT molecular complexity index is 106. The molecule has 0 fully saturated rings. The largest absolute Gasteiger partial charge is 0.395 e. The highest BCUT2D eigenvalue weighted by Gasteiger charge is 1.99. The minimum Gasteiger partial charge on any atom is -0.395 e. The molecule has 2 N–H and O–H groups in total. The van der Waals surface area contributed by atoms with Gasteiger partial charge in [0.25, 0.3) is 0 Å². The van der Waals surface area contributed by atoms with Crippen molar-refractivity contribution in [2.24, 2.45) is 0 Å². The molecule has 0 aromatic carbocycles. The van der Waals surface area contributed by atoms with E-state index in [4.69, 9.17) is 5.11 Å². The van der Waals surface area contributed by atoms with Crippen molar-refractivity contribution in [3.63, 3.8) is 0 Å². The Hall–Kier alpha value is -0.0800. The van der Waals surface area contributed by atoms with Crippen LogP contribution in [0.4, 0.5) is 0 Å². The lowest BCUT2D eigenvalue weighted by Gasteiger charge is -2.12. The first-order valence-corrected chi connectivity index (χ1v) is 6.15. The van der Waals surface area contributed by atoms with Crippen molar-refractivity contribution in [1.82, 2.24) is 5.32 Å². The number of hydrogen-bond donors (Lipinski definition) is 2. The van der Waals surface area contributed by atoms with Crippen LogP contribution in [0.5, 0.6) is 0 Å². The molecule has 86 valence electrons. The molecule has 2 heteroatoms. The highest BCUT2D eigenvalue weighted by Crippen LogP contribution is 2.08. The number of nitrogens with one attached hydrogen (secondary N) is 1. The molecule has 2 nitrogen and oxygen atoms in total. The van der Waals surface area contributed by atoms with Crippen molar-refractivity contribution in [3.8, 4) is 0 Å². The first-order valence-electron chi connectivity index (χ1n) is 6.15. The van der Waals surface area contributed by atoms with Gasteiger partial charge in [-0.05, 0) is 13.3 Å². The predicted octanol–water partition coefficient (Wildman–Crippen LogP) is 2.71. The highest BCUT2D eigenvalue weighted by atomic mass is 16.3. The van der Waals surface area contributed by atoms with Gasteiger partial charge >= 0.3 is 0 Å². The second kappa shape index (κ2) is 11.0. The molecule has 1 atom stereocenters. The van der Waals surface area contributed by atoms with Gasteiger partial charge in [-0.3, -0.25) is 0 Å². The van der Waals surface area contributed by atoms with E-state index in [2.05, 4.69) is 19.2 Å². The normalized spacial score (nSPS) is 13.1. The SMILES string of the molecule is CCCCCCCCC(C)NCCO. The lowest BCUT2D eigenvalue weighted by molar-refractivity contribution is 0.283. The van der Waals surface area contributed by atoms with Gasteiger partial charge in [0.05, 0.1) is 6.61 Å². The van der Waals surface area contributed by atoms with Crippen molar-refractivity contribution < 1.29 is 5.11 Å². The minimum absolute atomic E-state index is 0.251. The van der Waals surface area contributed by atoms with E-state index in [0.717, 1.165) is 6.54 Å². The Kier molecular flexibility index (Phi) is 10.9. The number of unbranched alkanes of at least 4 members (excludes halogenated alkanes) is 5. The second-order valence-corrected chi connectivity index (χ2v) is 4.14. The number of hydrogen-bond acceptors (Lipinski definition) is 2. The third-order valence-corrected chi connectivity index (χ3v) is 2.60. The van der Waals surface area contributed by atoms with E-state index >= 15 is 0 Å². The molecule has 0 rings (SSSR count). The molecule has 0 aliphatic heterocycles. The van der Waals surface area contributed by atoms with Gasteiger partial charge in [0.15, 0.2) is 0 Å². The van der Waals surface area contributed by atoms with Gasteiger partial charge in [0, 0.05) is 12.6 Å². The summed E-state index contributed by atoms with van der Waals surface area (Å²) in [6.07, 6.45) is 9.43. The molecule has 1 unspecified atom stereocenters. The molecular weight excluding hydrogens is 174 g/mol. The van der Waals surface area contributed by atoms with Gasteiger partial charge in [-0.15, -0.1) is 0 Å². The van der Waals surface area contributed by atoms with Crippen LogP contribution in [0.1, 0.15) is 58.8 Å². The molecule has 0 aromatic heterocycles. The van der Waals surface area contributed by atoms with Crippen LogP contribution < -0.4 is 5.32 Å². The fraction of sp³-hybridized carbons (Fsp3) is 1.00. The van der Waals surface area contributed by atoms with E-state index in [1.807, 2.05) is 0 Å². The standard InChI is InChI=1S/C12H27NO/c1-3-4-5-6-7-8-9-12(2)13-10-11-14/h12-14H,3-11H2,1-2H3. The number of rotatable bonds is 10. The smallest absolute Gasteiger partial charge is 0.0556 e. The summed E-state index contributed by atoms with van der Waals surface area (Å²) in [6, 6.07) is 0.563. The van der Waals surface area contributed by atoms with Crippen LogP contribution in [0.3, 0.4) is 0 Å². The Morgan fingerprint density at radius 3 is 2.36 bits per heavy atom. The third-order valence-electron chi connectivity index (χ3n) is 2.60. The Labute approximate surface area is 89.1 Å². The quantitative estimate of drug-likeness (QED) is 0.533. The maximum Gasteiger partial charge on any atom is 0.0556 e. The number of aliphatic hydroxyl groups excluding tert-OH is 1. The van der Waals surface area contributed by atoms with E-state index in [1.165, 1.54) is 44.9 Å². The predicted molar refractivity (Wildman–Crippen MR) is 62.5 cm³/mol. The van der Waals surface area contributed by atoms with Crippen LogP contribution in [0, 0.1) is 0 Å². The van der Waals surface area contributed by atoms with Crippen LogP contribution in [0.2, 0.25) is 0 Å². The Morgan fingerprint density at radius 2 is 1.71 bits per heavy atom. The summed E-state index contributed by atoms with van der Waals surface area (Å²) in [7, 11) is 0. The lowest BCUT2D eigenvalue weighted by Crippen LogP contribution is -2.28. The van der Waals surface area contributed by atoms with Gasteiger partial charge in [-0.2, -0.15) is 0 Å².